The lowest BCUT2D eigenvalue weighted by molar-refractivity contribution is 0.112. The van der Waals surface area contributed by atoms with Crippen molar-refractivity contribution >= 4 is 23.8 Å². The van der Waals surface area contributed by atoms with Crippen molar-refractivity contribution in [2.45, 2.75) is 31.7 Å². The first kappa shape index (κ1) is 15.0. The number of carbonyl (C=O) groups is 1. The van der Waals surface area contributed by atoms with Crippen LogP contribution in [0.25, 0.3) is 0 Å². The van der Waals surface area contributed by atoms with Gasteiger partial charge in [0.05, 0.1) is 5.56 Å². The number of benzene rings is 1. The van der Waals surface area contributed by atoms with Gasteiger partial charge in [0.2, 0.25) is 5.95 Å². The predicted molar refractivity (Wildman–Crippen MR) is 87.6 cm³/mol. The fraction of sp³-hybridized carbons (Fsp3) is 0.353. The zero-order chi connectivity index (χ0) is 15.6. The molecular weight excluding hydrogens is 298 g/mol. The Balaban J connectivity index is 1.83. The summed E-state index contributed by atoms with van der Waals surface area (Å²) < 4.78 is 0. The van der Waals surface area contributed by atoms with Crippen LogP contribution >= 0.6 is 11.6 Å². The maximum atomic E-state index is 10.7. The van der Waals surface area contributed by atoms with E-state index < -0.39 is 0 Å². The molecule has 0 N–H and O–H groups in total. The topological polar surface area (TPSA) is 46.1 Å². The molecule has 2 heterocycles. The van der Waals surface area contributed by atoms with Crippen LogP contribution < -0.4 is 4.90 Å². The van der Waals surface area contributed by atoms with E-state index in [1.807, 2.05) is 12.1 Å². The van der Waals surface area contributed by atoms with Crippen LogP contribution in [0.15, 0.2) is 36.7 Å². The summed E-state index contributed by atoms with van der Waals surface area (Å²) in [6.45, 7) is 3.18. The van der Waals surface area contributed by atoms with Gasteiger partial charge in [-0.15, -0.1) is 0 Å². The Morgan fingerprint density at radius 2 is 1.95 bits per heavy atom. The molecule has 3 rings (SSSR count). The first-order chi connectivity index (χ1) is 10.6. The van der Waals surface area contributed by atoms with Gasteiger partial charge in [-0.3, -0.25) is 4.79 Å². The van der Waals surface area contributed by atoms with Gasteiger partial charge in [-0.2, -0.15) is 0 Å². The second-order valence-electron chi connectivity index (χ2n) is 5.99. The first-order valence-electron chi connectivity index (χ1n) is 7.40. The van der Waals surface area contributed by atoms with Gasteiger partial charge in [0, 0.05) is 29.5 Å². The highest BCUT2D eigenvalue weighted by atomic mass is 35.5. The molecule has 1 atom stereocenters. The van der Waals surface area contributed by atoms with Crippen molar-refractivity contribution in [1.82, 2.24) is 9.97 Å². The van der Waals surface area contributed by atoms with Crippen LogP contribution in [0.4, 0.5) is 5.95 Å². The minimum atomic E-state index is -0.0173. The molecule has 0 bridgehead atoms. The van der Waals surface area contributed by atoms with Gasteiger partial charge in [0.15, 0.2) is 6.29 Å². The minimum Gasteiger partial charge on any atom is -0.335 e. The molecule has 0 aliphatic carbocycles. The molecule has 2 aromatic rings. The Labute approximate surface area is 135 Å². The van der Waals surface area contributed by atoms with Crippen molar-refractivity contribution in [2.75, 3.05) is 11.4 Å². The molecule has 1 aliphatic rings. The molecule has 114 valence electrons. The number of rotatable bonds is 4. The molecule has 0 saturated carbocycles. The van der Waals surface area contributed by atoms with Crippen LogP contribution in [0.2, 0.25) is 5.02 Å². The number of hydrogen-bond donors (Lipinski definition) is 0. The normalized spacial score (nSPS) is 21.1. The second kappa shape index (κ2) is 6.05. The van der Waals surface area contributed by atoms with Crippen molar-refractivity contribution in [1.29, 1.82) is 0 Å². The summed E-state index contributed by atoms with van der Waals surface area (Å²) in [5.74, 6) is 0.694. The van der Waals surface area contributed by atoms with Gasteiger partial charge >= 0.3 is 0 Å². The zero-order valence-electron chi connectivity index (χ0n) is 12.5. The highest BCUT2D eigenvalue weighted by Crippen LogP contribution is 2.34. The van der Waals surface area contributed by atoms with Crippen LogP contribution in [0, 0.1) is 0 Å². The third kappa shape index (κ3) is 2.97. The van der Waals surface area contributed by atoms with E-state index in [1.54, 1.807) is 12.4 Å². The molecule has 1 aliphatic heterocycles. The lowest BCUT2D eigenvalue weighted by Crippen LogP contribution is -2.44. The van der Waals surface area contributed by atoms with Crippen molar-refractivity contribution in [3.05, 3.63) is 52.8 Å². The smallest absolute Gasteiger partial charge is 0.225 e. The molecule has 5 heteroatoms. The maximum Gasteiger partial charge on any atom is 0.225 e. The number of hydrogen-bond acceptors (Lipinski definition) is 4. The Morgan fingerprint density at radius 1 is 1.27 bits per heavy atom. The van der Waals surface area contributed by atoms with Gasteiger partial charge in [0.25, 0.3) is 0 Å². The molecule has 0 amide bonds. The molecular formula is C17H18ClN3O. The summed E-state index contributed by atoms with van der Waals surface area (Å²) in [6, 6.07) is 7.99. The SMILES string of the molecule is CC1(Cc2ccc(Cl)cc2)CCCN1c1ncc(C=O)cn1. The number of aldehydes is 1. The predicted octanol–water partition coefficient (Wildman–Crippen LogP) is 3.54. The molecule has 0 radical (unpaired) electrons. The van der Waals surface area contributed by atoms with Crippen molar-refractivity contribution in [3.63, 3.8) is 0 Å². The fourth-order valence-electron chi connectivity index (χ4n) is 3.12. The Hall–Kier alpha value is -1.94. The molecule has 1 saturated heterocycles. The molecule has 4 nitrogen and oxygen atoms in total. The van der Waals surface area contributed by atoms with Crippen LogP contribution in [0.1, 0.15) is 35.7 Å². The Kier molecular flexibility index (Phi) is 4.12. The fourth-order valence-corrected chi connectivity index (χ4v) is 3.25. The summed E-state index contributed by atoms with van der Waals surface area (Å²) in [7, 11) is 0. The van der Waals surface area contributed by atoms with E-state index >= 15 is 0 Å². The van der Waals surface area contributed by atoms with Gasteiger partial charge in [-0.25, -0.2) is 9.97 Å². The largest absolute Gasteiger partial charge is 0.335 e. The van der Waals surface area contributed by atoms with Crippen molar-refractivity contribution < 1.29 is 4.79 Å². The summed E-state index contributed by atoms with van der Waals surface area (Å²) >= 11 is 5.96. The number of nitrogens with zero attached hydrogens (tertiary/aromatic N) is 3. The Bertz CT molecular complexity index is 657. The van der Waals surface area contributed by atoms with Gasteiger partial charge in [-0.05, 0) is 43.9 Å². The van der Waals surface area contributed by atoms with Gasteiger partial charge in [0.1, 0.15) is 0 Å². The molecule has 1 fully saturated rings. The third-order valence-corrected chi connectivity index (χ3v) is 4.53. The summed E-state index contributed by atoms with van der Waals surface area (Å²) in [4.78, 5) is 21.7. The summed E-state index contributed by atoms with van der Waals surface area (Å²) in [5.41, 5.74) is 1.74. The quantitative estimate of drug-likeness (QED) is 0.810. The average molecular weight is 316 g/mol. The highest BCUT2D eigenvalue weighted by molar-refractivity contribution is 6.30. The molecule has 1 unspecified atom stereocenters. The minimum absolute atomic E-state index is 0.0173. The van der Waals surface area contributed by atoms with Crippen molar-refractivity contribution in [3.8, 4) is 0 Å². The van der Waals surface area contributed by atoms with E-state index in [-0.39, 0.29) is 5.54 Å². The molecule has 1 aromatic heterocycles. The highest BCUT2D eigenvalue weighted by Gasteiger charge is 2.38. The van der Waals surface area contributed by atoms with Crippen LogP contribution in [-0.4, -0.2) is 28.3 Å². The number of anilines is 1. The van der Waals surface area contributed by atoms with E-state index in [0.29, 0.717) is 11.5 Å². The van der Waals surface area contributed by atoms with E-state index in [0.717, 1.165) is 37.1 Å². The van der Waals surface area contributed by atoms with E-state index in [4.69, 9.17) is 11.6 Å². The summed E-state index contributed by atoms with van der Waals surface area (Å²) in [5, 5.41) is 0.755. The number of aromatic nitrogens is 2. The van der Waals surface area contributed by atoms with Crippen LogP contribution in [-0.2, 0) is 6.42 Å². The van der Waals surface area contributed by atoms with Gasteiger partial charge in [-0.1, -0.05) is 23.7 Å². The zero-order valence-corrected chi connectivity index (χ0v) is 13.3. The second-order valence-corrected chi connectivity index (χ2v) is 6.43. The van der Waals surface area contributed by atoms with E-state index in [9.17, 15) is 4.79 Å². The first-order valence-corrected chi connectivity index (χ1v) is 7.78. The average Bonchev–Trinajstić information content (AvgIpc) is 2.91. The lowest BCUT2D eigenvalue weighted by Gasteiger charge is -2.35. The number of halogens is 1. The summed E-state index contributed by atoms with van der Waals surface area (Å²) in [6.07, 6.45) is 7.05. The molecule has 1 aromatic carbocycles. The standard InChI is InChI=1S/C17H18ClN3O/c1-17(9-13-3-5-15(18)6-4-13)7-2-8-21(17)16-19-10-14(12-22)11-20-16/h3-6,10-12H,2,7-9H2,1H3. The Morgan fingerprint density at radius 3 is 2.59 bits per heavy atom. The van der Waals surface area contributed by atoms with Crippen LogP contribution in [0.3, 0.4) is 0 Å². The number of carbonyl (C=O) groups excluding carboxylic acids is 1. The monoisotopic (exact) mass is 315 g/mol. The molecule has 22 heavy (non-hydrogen) atoms. The third-order valence-electron chi connectivity index (χ3n) is 4.28. The van der Waals surface area contributed by atoms with E-state index in [2.05, 4.69) is 33.9 Å². The van der Waals surface area contributed by atoms with Crippen LogP contribution in [0.5, 0.6) is 0 Å². The lowest BCUT2D eigenvalue weighted by atomic mass is 9.90. The van der Waals surface area contributed by atoms with Crippen molar-refractivity contribution in [2.24, 2.45) is 0 Å². The molecule has 0 spiro atoms. The van der Waals surface area contributed by atoms with Gasteiger partial charge < -0.3 is 4.90 Å². The maximum absolute atomic E-state index is 10.7. The van der Waals surface area contributed by atoms with E-state index in [1.165, 1.54) is 5.56 Å².